The molecule has 0 atom stereocenters. The summed E-state index contributed by atoms with van der Waals surface area (Å²) in [4.78, 5) is 27.2. The number of ketones is 1. The monoisotopic (exact) mass is 269 g/mol. The van der Waals surface area contributed by atoms with Crippen LogP contribution in [0.15, 0.2) is 42.6 Å². The van der Waals surface area contributed by atoms with Gasteiger partial charge in [-0.1, -0.05) is 12.1 Å². The molecule has 2 rings (SSSR count). The average molecular weight is 269 g/mol. The Balaban J connectivity index is 2.02. The lowest BCUT2D eigenvalue weighted by Gasteiger charge is -2.06. The van der Waals surface area contributed by atoms with Gasteiger partial charge in [-0.3, -0.25) is 14.6 Å². The van der Waals surface area contributed by atoms with Gasteiger partial charge in [0.2, 0.25) is 5.91 Å². The van der Waals surface area contributed by atoms with Crippen molar-refractivity contribution in [1.29, 1.82) is 0 Å². The van der Waals surface area contributed by atoms with Crippen LogP contribution in [0.3, 0.4) is 0 Å². The summed E-state index contributed by atoms with van der Waals surface area (Å²) < 4.78 is 0. The first-order valence-corrected chi connectivity index (χ1v) is 6.16. The zero-order chi connectivity index (χ0) is 14.5. The predicted octanol–water partition coefficient (Wildman–Crippen LogP) is 2.05. The summed E-state index contributed by atoms with van der Waals surface area (Å²) in [5.74, 6) is -0.232. The molecule has 0 fully saturated rings. The second kappa shape index (κ2) is 5.97. The summed E-state index contributed by atoms with van der Waals surface area (Å²) in [6, 6.07) is 10.2. The van der Waals surface area contributed by atoms with Crippen LogP contribution in [-0.4, -0.2) is 16.7 Å². The third-order valence-electron chi connectivity index (χ3n) is 2.74. The second-order valence-corrected chi connectivity index (χ2v) is 4.44. The Hall–Kier alpha value is -2.69. The highest BCUT2D eigenvalue weighted by Crippen LogP contribution is 2.12. The topological polar surface area (TPSA) is 85.1 Å². The van der Waals surface area contributed by atoms with Crippen LogP contribution in [0.25, 0.3) is 0 Å². The minimum Gasteiger partial charge on any atom is -0.397 e. The number of nitrogens with two attached hydrogens (primary N) is 1. The minimum atomic E-state index is -0.192. The Kier molecular flexibility index (Phi) is 4.10. The highest BCUT2D eigenvalue weighted by Gasteiger charge is 2.06. The highest BCUT2D eigenvalue weighted by atomic mass is 16.1. The summed E-state index contributed by atoms with van der Waals surface area (Å²) in [5.41, 5.74) is 7.89. The SMILES string of the molecule is CC(=O)c1cccc(NC(=O)Cc2ccc(N)cn2)c1. The van der Waals surface area contributed by atoms with E-state index in [0.29, 0.717) is 22.6 Å². The van der Waals surface area contributed by atoms with Gasteiger partial charge >= 0.3 is 0 Å². The number of hydrogen-bond acceptors (Lipinski definition) is 4. The summed E-state index contributed by atoms with van der Waals surface area (Å²) in [6.45, 7) is 1.49. The molecule has 0 spiro atoms. The largest absolute Gasteiger partial charge is 0.397 e. The minimum absolute atomic E-state index is 0.0405. The fourth-order valence-electron chi connectivity index (χ4n) is 1.73. The normalized spacial score (nSPS) is 10.1. The maximum Gasteiger partial charge on any atom is 0.230 e. The van der Waals surface area contributed by atoms with Crippen LogP contribution in [0.4, 0.5) is 11.4 Å². The Morgan fingerprint density at radius 3 is 2.70 bits per heavy atom. The molecule has 1 aromatic heterocycles. The molecule has 0 radical (unpaired) electrons. The van der Waals surface area contributed by atoms with E-state index in [1.54, 1.807) is 36.4 Å². The number of hydrogen-bond donors (Lipinski definition) is 2. The molecule has 3 N–H and O–H groups in total. The van der Waals surface area contributed by atoms with Gasteiger partial charge in [0.1, 0.15) is 0 Å². The Bertz CT molecular complexity index is 636. The van der Waals surface area contributed by atoms with Crippen LogP contribution in [0.5, 0.6) is 0 Å². The number of Topliss-reactive ketones (excluding diaryl/α,β-unsaturated/α-hetero) is 1. The smallest absolute Gasteiger partial charge is 0.230 e. The van der Waals surface area contributed by atoms with E-state index in [2.05, 4.69) is 10.3 Å². The molecule has 0 saturated carbocycles. The van der Waals surface area contributed by atoms with Crippen LogP contribution in [-0.2, 0) is 11.2 Å². The molecule has 0 unspecified atom stereocenters. The number of nitrogens with one attached hydrogen (secondary N) is 1. The second-order valence-electron chi connectivity index (χ2n) is 4.44. The summed E-state index contributed by atoms with van der Waals surface area (Å²) >= 11 is 0. The zero-order valence-electron chi connectivity index (χ0n) is 11.1. The van der Waals surface area contributed by atoms with Crippen LogP contribution in [0, 0.1) is 0 Å². The van der Waals surface area contributed by atoms with Crippen molar-refractivity contribution in [2.24, 2.45) is 0 Å². The number of benzene rings is 1. The average Bonchev–Trinajstić information content (AvgIpc) is 2.41. The third kappa shape index (κ3) is 3.65. The first-order chi connectivity index (χ1) is 9.54. The van der Waals surface area contributed by atoms with Gasteiger partial charge < -0.3 is 11.1 Å². The predicted molar refractivity (Wildman–Crippen MR) is 77.4 cm³/mol. The van der Waals surface area contributed by atoms with Crippen LogP contribution in [0.2, 0.25) is 0 Å². The van der Waals surface area contributed by atoms with E-state index < -0.39 is 0 Å². The summed E-state index contributed by atoms with van der Waals surface area (Å²) in [7, 11) is 0. The maximum absolute atomic E-state index is 11.9. The summed E-state index contributed by atoms with van der Waals surface area (Å²) in [6.07, 6.45) is 1.67. The van der Waals surface area contributed by atoms with Crippen molar-refractivity contribution in [3.05, 3.63) is 53.9 Å². The van der Waals surface area contributed by atoms with E-state index in [0.717, 1.165) is 0 Å². The molecule has 5 heteroatoms. The first-order valence-electron chi connectivity index (χ1n) is 6.16. The lowest BCUT2D eigenvalue weighted by atomic mass is 10.1. The number of rotatable bonds is 4. The van der Waals surface area contributed by atoms with Crippen LogP contribution < -0.4 is 11.1 Å². The number of carbonyl (C=O) groups excluding carboxylic acids is 2. The van der Waals surface area contributed by atoms with Crippen molar-refractivity contribution in [2.75, 3.05) is 11.1 Å². The van der Waals surface area contributed by atoms with Crippen molar-refractivity contribution in [3.8, 4) is 0 Å². The van der Waals surface area contributed by atoms with Crippen molar-refractivity contribution in [2.45, 2.75) is 13.3 Å². The summed E-state index contributed by atoms with van der Waals surface area (Å²) in [5, 5.41) is 2.74. The molecule has 0 bridgehead atoms. The van der Waals surface area contributed by atoms with Crippen molar-refractivity contribution < 1.29 is 9.59 Å². The lowest BCUT2D eigenvalue weighted by molar-refractivity contribution is -0.115. The number of aromatic nitrogens is 1. The molecule has 20 heavy (non-hydrogen) atoms. The third-order valence-corrected chi connectivity index (χ3v) is 2.74. The molecule has 0 aliphatic heterocycles. The molecule has 1 amide bonds. The number of nitrogen functional groups attached to an aromatic ring is 1. The van der Waals surface area contributed by atoms with Gasteiger partial charge in [0, 0.05) is 16.9 Å². The van der Waals surface area contributed by atoms with E-state index in [9.17, 15) is 9.59 Å². The number of pyridine rings is 1. The van der Waals surface area contributed by atoms with Crippen molar-refractivity contribution in [1.82, 2.24) is 4.98 Å². The van der Waals surface area contributed by atoms with E-state index in [1.165, 1.54) is 13.1 Å². The molecular formula is C15H15N3O2. The molecule has 102 valence electrons. The zero-order valence-corrected chi connectivity index (χ0v) is 11.1. The number of carbonyl (C=O) groups is 2. The van der Waals surface area contributed by atoms with E-state index in [4.69, 9.17) is 5.73 Å². The van der Waals surface area contributed by atoms with Gasteiger partial charge in [-0.15, -0.1) is 0 Å². The van der Waals surface area contributed by atoms with E-state index >= 15 is 0 Å². The van der Waals surface area contributed by atoms with Crippen molar-refractivity contribution in [3.63, 3.8) is 0 Å². The number of nitrogens with zero attached hydrogens (tertiary/aromatic N) is 1. The van der Waals surface area contributed by atoms with Crippen LogP contribution in [0.1, 0.15) is 23.0 Å². The van der Waals surface area contributed by atoms with Gasteiger partial charge in [-0.2, -0.15) is 0 Å². The molecule has 2 aromatic rings. The first kappa shape index (κ1) is 13.7. The molecule has 0 aliphatic carbocycles. The number of amides is 1. The van der Waals surface area contributed by atoms with Gasteiger partial charge in [-0.05, 0) is 31.2 Å². The highest BCUT2D eigenvalue weighted by molar-refractivity contribution is 5.97. The molecular weight excluding hydrogens is 254 g/mol. The Morgan fingerprint density at radius 2 is 2.05 bits per heavy atom. The van der Waals surface area contributed by atoms with Gasteiger partial charge in [-0.25, -0.2) is 0 Å². The van der Waals surface area contributed by atoms with E-state index in [1.807, 2.05) is 0 Å². The fraction of sp³-hybridized carbons (Fsp3) is 0.133. The van der Waals surface area contributed by atoms with E-state index in [-0.39, 0.29) is 18.1 Å². The van der Waals surface area contributed by atoms with Crippen molar-refractivity contribution >= 4 is 23.1 Å². The van der Waals surface area contributed by atoms with Crippen LogP contribution >= 0.6 is 0 Å². The number of anilines is 2. The van der Waals surface area contributed by atoms with Gasteiger partial charge in [0.25, 0.3) is 0 Å². The fourth-order valence-corrected chi connectivity index (χ4v) is 1.73. The maximum atomic E-state index is 11.9. The van der Waals surface area contributed by atoms with Gasteiger partial charge in [0.05, 0.1) is 18.3 Å². The molecule has 1 heterocycles. The Labute approximate surface area is 116 Å². The quantitative estimate of drug-likeness (QED) is 0.832. The molecule has 1 aromatic carbocycles. The molecule has 5 nitrogen and oxygen atoms in total. The molecule has 0 aliphatic rings. The van der Waals surface area contributed by atoms with Gasteiger partial charge in [0.15, 0.2) is 5.78 Å². The molecule has 0 saturated heterocycles. The lowest BCUT2D eigenvalue weighted by Crippen LogP contribution is -2.15. The standard InChI is InChI=1S/C15H15N3O2/c1-10(19)11-3-2-4-14(7-11)18-15(20)8-13-6-5-12(16)9-17-13/h2-7,9H,8,16H2,1H3,(H,18,20). The Morgan fingerprint density at radius 1 is 1.25 bits per heavy atom.